The summed E-state index contributed by atoms with van der Waals surface area (Å²) in [4.78, 5) is 17.9. The van der Waals surface area contributed by atoms with Crippen LogP contribution in [0.25, 0.3) is 0 Å². The van der Waals surface area contributed by atoms with Crippen molar-refractivity contribution in [3.8, 4) is 0 Å². The molecule has 0 aromatic carbocycles. The third-order valence-corrected chi connectivity index (χ3v) is 4.69. The molecule has 0 aliphatic carbocycles. The van der Waals surface area contributed by atoms with Crippen LogP contribution in [-0.2, 0) is 6.61 Å². The van der Waals surface area contributed by atoms with Crippen LogP contribution >= 0.6 is 22.9 Å². The maximum absolute atomic E-state index is 9.16. The number of hydrogen-bond acceptors (Lipinski definition) is 7. The van der Waals surface area contributed by atoms with Crippen molar-refractivity contribution in [2.24, 2.45) is 0 Å². The number of aliphatic hydroxyl groups excluding tert-OH is 1. The Morgan fingerprint density at radius 1 is 1.15 bits per heavy atom. The molecular weight excluding hydrogens is 298 g/mol. The fraction of sp³-hybridized carbons (Fsp3) is 0.417. The molecule has 0 radical (unpaired) electrons. The minimum absolute atomic E-state index is 0.0612. The molecule has 1 fully saturated rings. The van der Waals surface area contributed by atoms with Gasteiger partial charge >= 0.3 is 0 Å². The second-order valence-corrected chi connectivity index (χ2v) is 5.81. The third-order valence-electron chi connectivity index (χ3n) is 3.17. The van der Waals surface area contributed by atoms with Gasteiger partial charge in [0.05, 0.1) is 11.5 Å². The van der Waals surface area contributed by atoms with E-state index < -0.39 is 0 Å². The molecule has 0 saturated carbocycles. The Morgan fingerprint density at radius 3 is 2.40 bits per heavy atom. The molecule has 2 aromatic rings. The lowest BCUT2D eigenvalue weighted by atomic mass is 10.3. The molecule has 0 spiro atoms. The van der Waals surface area contributed by atoms with Gasteiger partial charge in [0.25, 0.3) is 0 Å². The van der Waals surface area contributed by atoms with Gasteiger partial charge in [0.2, 0.25) is 5.95 Å². The maximum atomic E-state index is 9.16. The Hall–Kier alpha value is -1.44. The van der Waals surface area contributed by atoms with Crippen LogP contribution in [0.2, 0.25) is 5.15 Å². The van der Waals surface area contributed by atoms with Crippen LogP contribution in [0, 0.1) is 0 Å². The van der Waals surface area contributed by atoms with Crippen molar-refractivity contribution in [1.82, 2.24) is 15.0 Å². The number of thiazole rings is 1. The van der Waals surface area contributed by atoms with Gasteiger partial charge < -0.3 is 14.9 Å². The highest BCUT2D eigenvalue weighted by Crippen LogP contribution is 2.30. The first-order valence-electron chi connectivity index (χ1n) is 6.31. The molecule has 3 heterocycles. The summed E-state index contributed by atoms with van der Waals surface area (Å²) in [6.45, 7) is 3.31. The minimum atomic E-state index is -0.0612. The molecule has 1 saturated heterocycles. The first-order valence-corrected chi connectivity index (χ1v) is 7.50. The highest BCUT2D eigenvalue weighted by atomic mass is 35.5. The fourth-order valence-electron chi connectivity index (χ4n) is 2.11. The first kappa shape index (κ1) is 13.5. The molecule has 6 nitrogen and oxygen atoms in total. The zero-order chi connectivity index (χ0) is 13.9. The zero-order valence-electron chi connectivity index (χ0n) is 10.7. The van der Waals surface area contributed by atoms with Gasteiger partial charge in [-0.25, -0.2) is 15.0 Å². The Bertz CT molecular complexity index is 570. The summed E-state index contributed by atoms with van der Waals surface area (Å²) in [7, 11) is 0. The van der Waals surface area contributed by atoms with Gasteiger partial charge in [-0.2, -0.15) is 0 Å². The lowest BCUT2D eigenvalue weighted by Gasteiger charge is -2.34. The van der Waals surface area contributed by atoms with Gasteiger partial charge in [0, 0.05) is 38.6 Å². The zero-order valence-corrected chi connectivity index (χ0v) is 12.3. The number of aromatic nitrogens is 3. The van der Waals surface area contributed by atoms with E-state index in [1.165, 1.54) is 11.3 Å². The van der Waals surface area contributed by atoms with E-state index >= 15 is 0 Å². The van der Waals surface area contributed by atoms with Crippen LogP contribution in [-0.4, -0.2) is 46.2 Å². The summed E-state index contributed by atoms with van der Waals surface area (Å²) in [5.41, 5.74) is 0. The van der Waals surface area contributed by atoms with Gasteiger partial charge in [-0.3, -0.25) is 0 Å². The van der Waals surface area contributed by atoms with E-state index in [2.05, 4.69) is 24.8 Å². The third kappa shape index (κ3) is 2.70. The monoisotopic (exact) mass is 311 g/mol. The maximum Gasteiger partial charge on any atom is 0.225 e. The van der Waals surface area contributed by atoms with Crippen molar-refractivity contribution in [3.05, 3.63) is 28.5 Å². The molecule has 1 N–H and O–H groups in total. The van der Waals surface area contributed by atoms with E-state index in [1.54, 1.807) is 12.4 Å². The highest BCUT2D eigenvalue weighted by molar-refractivity contribution is 7.16. The van der Waals surface area contributed by atoms with Crippen LogP contribution < -0.4 is 9.80 Å². The Kier molecular flexibility index (Phi) is 4.00. The molecule has 0 bridgehead atoms. The Morgan fingerprint density at radius 2 is 1.80 bits per heavy atom. The molecule has 1 aliphatic rings. The Balaban J connectivity index is 1.66. The van der Waals surface area contributed by atoms with Crippen molar-refractivity contribution in [1.29, 1.82) is 0 Å². The second kappa shape index (κ2) is 5.90. The Labute approximate surface area is 125 Å². The molecule has 0 atom stereocenters. The van der Waals surface area contributed by atoms with Crippen LogP contribution in [0.5, 0.6) is 0 Å². The van der Waals surface area contributed by atoms with Crippen molar-refractivity contribution in [3.63, 3.8) is 0 Å². The molecule has 2 aromatic heterocycles. The van der Waals surface area contributed by atoms with Gasteiger partial charge in [0.1, 0.15) is 5.15 Å². The van der Waals surface area contributed by atoms with E-state index in [9.17, 15) is 0 Å². The van der Waals surface area contributed by atoms with Crippen molar-refractivity contribution in [2.75, 3.05) is 36.0 Å². The summed E-state index contributed by atoms with van der Waals surface area (Å²) < 4.78 is 0. The number of anilines is 2. The highest BCUT2D eigenvalue weighted by Gasteiger charge is 2.22. The largest absolute Gasteiger partial charge is 0.391 e. The summed E-state index contributed by atoms with van der Waals surface area (Å²) in [5.74, 6) is 0.764. The topological polar surface area (TPSA) is 65.4 Å². The number of aliphatic hydroxyl groups is 1. The molecule has 8 heteroatoms. The van der Waals surface area contributed by atoms with Crippen LogP contribution in [0.4, 0.5) is 11.1 Å². The number of nitrogens with zero attached hydrogens (tertiary/aromatic N) is 5. The van der Waals surface area contributed by atoms with E-state index in [4.69, 9.17) is 16.7 Å². The molecule has 106 valence electrons. The number of hydrogen-bond donors (Lipinski definition) is 1. The van der Waals surface area contributed by atoms with E-state index in [1.807, 2.05) is 6.07 Å². The average Bonchev–Trinajstić information content (AvgIpc) is 2.89. The molecule has 1 aliphatic heterocycles. The predicted molar refractivity (Wildman–Crippen MR) is 79.5 cm³/mol. The normalized spacial score (nSPS) is 15.7. The standard InChI is InChI=1S/C12H14ClN5OS/c13-10-9(8-19)20-12(16-10)18-6-4-17(5-7-18)11-14-2-1-3-15-11/h1-3,19H,4-8H2. The van der Waals surface area contributed by atoms with E-state index in [0.29, 0.717) is 5.15 Å². The summed E-state index contributed by atoms with van der Waals surface area (Å²) in [5, 5.41) is 10.4. The average molecular weight is 312 g/mol. The minimum Gasteiger partial charge on any atom is -0.391 e. The molecule has 0 unspecified atom stereocenters. The molecular formula is C12H14ClN5OS. The van der Waals surface area contributed by atoms with Crippen LogP contribution in [0.15, 0.2) is 18.5 Å². The fourth-order valence-corrected chi connectivity index (χ4v) is 3.28. The number of halogens is 1. The van der Waals surface area contributed by atoms with E-state index in [0.717, 1.165) is 42.1 Å². The molecule has 3 rings (SSSR count). The van der Waals surface area contributed by atoms with Crippen LogP contribution in [0.1, 0.15) is 4.88 Å². The summed E-state index contributed by atoms with van der Waals surface area (Å²) in [6.07, 6.45) is 3.51. The first-order chi connectivity index (χ1) is 9.78. The second-order valence-electron chi connectivity index (χ2n) is 4.39. The van der Waals surface area contributed by atoms with Crippen molar-refractivity contribution in [2.45, 2.75) is 6.61 Å². The smallest absolute Gasteiger partial charge is 0.225 e. The molecule has 20 heavy (non-hydrogen) atoms. The van der Waals surface area contributed by atoms with Crippen molar-refractivity contribution >= 4 is 34.0 Å². The number of piperazine rings is 1. The van der Waals surface area contributed by atoms with Gasteiger partial charge in [-0.1, -0.05) is 22.9 Å². The predicted octanol–water partition coefficient (Wildman–Crippen LogP) is 1.41. The van der Waals surface area contributed by atoms with Gasteiger partial charge in [-0.05, 0) is 6.07 Å². The molecule has 0 amide bonds. The van der Waals surface area contributed by atoms with Crippen molar-refractivity contribution < 1.29 is 5.11 Å². The quantitative estimate of drug-likeness (QED) is 0.924. The lowest BCUT2D eigenvalue weighted by Crippen LogP contribution is -2.47. The van der Waals surface area contributed by atoms with Gasteiger partial charge in [0.15, 0.2) is 5.13 Å². The number of rotatable bonds is 3. The SMILES string of the molecule is OCc1sc(N2CCN(c3ncccn3)CC2)nc1Cl. The summed E-state index contributed by atoms with van der Waals surface area (Å²) in [6, 6.07) is 1.81. The lowest BCUT2D eigenvalue weighted by molar-refractivity contribution is 0.285. The summed E-state index contributed by atoms with van der Waals surface area (Å²) >= 11 is 7.42. The van der Waals surface area contributed by atoms with Crippen LogP contribution in [0.3, 0.4) is 0 Å². The van der Waals surface area contributed by atoms with Gasteiger partial charge in [-0.15, -0.1) is 0 Å². The van der Waals surface area contributed by atoms with E-state index in [-0.39, 0.29) is 6.61 Å².